The summed E-state index contributed by atoms with van der Waals surface area (Å²) in [5, 5.41) is 2.71. The van der Waals surface area contributed by atoms with E-state index in [-0.39, 0.29) is 12.2 Å². The van der Waals surface area contributed by atoms with Gasteiger partial charge in [-0.1, -0.05) is 6.92 Å². The van der Waals surface area contributed by atoms with Crippen LogP contribution in [-0.4, -0.2) is 43.3 Å². The molecule has 0 aromatic carbocycles. The van der Waals surface area contributed by atoms with E-state index in [0.717, 1.165) is 13.0 Å². The van der Waals surface area contributed by atoms with Crippen molar-refractivity contribution in [3.63, 3.8) is 0 Å². The Morgan fingerprint density at radius 1 is 1.60 bits per heavy atom. The van der Waals surface area contributed by atoms with Crippen molar-refractivity contribution < 1.29 is 9.53 Å². The predicted molar refractivity (Wildman–Crippen MR) is 57.7 cm³/mol. The molecule has 0 radical (unpaired) electrons. The van der Waals surface area contributed by atoms with Gasteiger partial charge < -0.3 is 15.0 Å². The Morgan fingerprint density at radius 2 is 2.47 bits per heavy atom. The number of amides is 1. The van der Waals surface area contributed by atoms with Crippen molar-refractivity contribution in [2.75, 3.05) is 26.2 Å². The summed E-state index contributed by atoms with van der Waals surface area (Å²) in [4.78, 5) is 13.4. The van der Waals surface area contributed by atoms with Crippen LogP contribution in [-0.2, 0) is 4.74 Å². The number of hydrogen-bond donors (Lipinski definition) is 1. The van der Waals surface area contributed by atoms with E-state index in [4.69, 9.17) is 4.74 Å². The lowest BCUT2D eigenvalue weighted by molar-refractivity contribution is 0.102. The van der Waals surface area contributed by atoms with Crippen LogP contribution in [0.25, 0.3) is 0 Å². The molecule has 0 bridgehead atoms. The van der Waals surface area contributed by atoms with Gasteiger partial charge in [0, 0.05) is 6.54 Å². The Morgan fingerprint density at radius 3 is 3.13 bits per heavy atom. The minimum atomic E-state index is -0.247. The number of carbonyl (C=O) groups excluding carboxylic acids is 1. The normalized spacial score (nSPS) is 32.5. The zero-order chi connectivity index (χ0) is 10.7. The molecular formula is C11H20N2O2. The molecule has 2 atom stereocenters. The molecule has 2 saturated heterocycles. The van der Waals surface area contributed by atoms with Crippen molar-refractivity contribution in [2.45, 2.75) is 32.3 Å². The fourth-order valence-electron chi connectivity index (χ4n) is 2.57. The summed E-state index contributed by atoms with van der Waals surface area (Å²) in [6.45, 7) is 6.44. The highest BCUT2D eigenvalue weighted by atomic mass is 16.6. The molecule has 2 rings (SSSR count). The van der Waals surface area contributed by atoms with Gasteiger partial charge in [-0.05, 0) is 38.3 Å². The van der Waals surface area contributed by atoms with Gasteiger partial charge in [0.1, 0.15) is 6.10 Å². The van der Waals surface area contributed by atoms with Gasteiger partial charge >= 0.3 is 6.09 Å². The first-order valence-electron chi connectivity index (χ1n) is 5.94. The van der Waals surface area contributed by atoms with Gasteiger partial charge in [-0.2, -0.15) is 0 Å². The van der Waals surface area contributed by atoms with Crippen LogP contribution in [0, 0.1) is 5.92 Å². The molecule has 0 saturated carbocycles. The van der Waals surface area contributed by atoms with Crippen molar-refractivity contribution in [2.24, 2.45) is 5.92 Å². The predicted octanol–water partition coefficient (Wildman–Crippen LogP) is 1.22. The van der Waals surface area contributed by atoms with Gasteiger partial charge in [0.2, 0.25) is 0 Å². The number of cyclic esters (lactones) is 1. The molecule has 2 aliphatic heterocycles. The van der Waals surface area contributed by atoms with Crippen LogP contribution >= 0.6 is 0 Å². The highest BCUT2D eigenvalue weighted by Crippen LogP contribution is 2.22. The number of hydrogen-bond acceptors (Lipinski definition) is 3. The zero-order valence-electron chi connectivity index (χ0n) is 9.37. The first kappa shape index (κ1) is 10.7. The maximum Gasteiger partial charge on any atom is 0.407 e. The Hall–Kier alpha value is -0.770. The monoisotopic (exact) mass is 212 g/mol. The zero-order valence-corrected chi connectivity index (χ0v) is 9.37. The topological polar surface area (TPSA) is 41.6 Å². The molecule has 1 N–H and O–H groups in total. The first-order chi connectivity index (χ1) is 7.28. The average Bonchev–Trinajstić information content (AvgIpc) is 2.64. The average molecular weight is 212 g/mol. The maximum absolute atomic E-state index is 10.9. The van der Waals surface area contributed by atoms with Crippen LogP contribution in [0.3, 0.4) is 0 Å². The Balaban J connectivity index is 1.76. The van der Waals surface area contributed by atoms with Crippen molar-refractivity contribution in [1.29, 1.82) is 0 Å². The molecule has 4 nitrogen and oxygen atoms in total. The smallest absolute Gasteiger partial charge is 0.407 e. The highest BCUT2D eigenvalue weighted by Gasteiger charge is 2.27. The molecule has 0 aromatic rings. The standard InChI is InChI=1S/C11H20N2O2/c1-2-13-5-3-4-9(8-13)6-10-7-12-11(14)15-10/h9-10H,2-8H2,1H3,(H,12,14). The minimum absolute atomic E-state index is 0.110. The van der Waals surface area contributed by atoms with Crippen LogP contribution in [0.2, 0.25) is 0 Å². The fraction of sp³-hybridized carbons (Fsp3) is 0.909. The summed E-state index contributed by atoms with van der Waals surface area (Å²) in [6.07, 6.45) is 3.45. The van der Waals surface area contributed by atoms with Gasteiger partial charge in [0.25, 0.3) is 0 Å². The van der Waals surface area contributed by atoms with Gasteiger partial charge in [-0.3, -0.25) is 0 Å². The second-order valence-electron chi connectivity index (χ2n) is 4.55. The molecule has 0 aromatic heterocycles. The molecule has 2 heterocycles. The second-order valence-corrected chi connectivity index (χ2v) is 4.55. The van der Waals surface area contributed by atoms with E-state index in [9.17, 15) is 4.79 Å². The number of rotatable bonds is 3. The Kier molecular flexibility index (Phi) is 3.46. The lowest BCUT2D eigenvalue weighted by Crippen LogP contribution is -2.36. The van der Waals surface area contributed by atoms with E-state index in [1.165, 1.54) is 25.9 Å². The molecule has 0 spiro atoms. The van der Waals surface area contributed by atoms with Crippen LogP contribution in [0.1, 0.15) is 26.2 Å². The van der Waals surface area contributed by atoms with Crippen molar-refractivity contribution in [3.8, 4) is 0 Å². The van der Waals surface area contributed by atoms with E-state index >= 15 is 0 Å². The minimum Gasteiger partial charge on any atom is -0.444 e. The lowest BCUT2D eigenvalue weighted by atomic mass is 9.92. The molecule has 2 fully saturated rings. The summed E-state index contributed by atoms with van der Waals surface area (Å²) in [7, 11) is 0. The fourth-order valence-corrected chi connectivity index (χ4v) is 2.57. The van der Waals surface area contributed by atoms with Gasteiger partial charge in [-0.15, -0.1) is 0 Å². The van der Waals surface area contributed by atoms with Crippen molar-refractivity contribution in [1.82, 2.24) is 10.2 Å². The van der Waals surface area contributed by atoms with Crippen LogP contribution < -0.4 is 5.32 Å². The number of alkyl carbamates (subject to hydrolysis) is 1. The molecule has 1 amide bonds. The lowest BCUT2D eigenvalue weighted by Gasteiger charge is -2.32. The van der Waals surface area contributed by atoms with E-state index in [0.29, 0.717) is 12.5 Å². The molecule has 2 unspecified atom stereocenters. The Bertz CT molecular complexity index is 233. The summed E-state index contributed by atoms with van der Waals surface area (Å²) < 4.78 is 5.16. The molecule has 15 heavy (non-hydrogen) atoms. The first-order valence-corrected chi connectivity index (χ1v) is 5.94. The van der Waals surface area contributed by atoms with E-state index in [1.807, 2.05) is 0 Å². The van der Waals surface area contributed by atoms with Gasteiger partial charge in [0.05, 0.1) is 6.54 Å². The van der Waals surface area contributed by atoms with Crippen LogP contribution in [0.4, 0.5) is 4.79 Å². The van der Waals surface area contributed by atoms with Crippen molar-refractivity contribution >= 4 is 6.09 Å². The van der Waals surface area contributed by atoms with Gasteiger partial charge in [0.15, 0.2) is 0 Å². The number of nitrogens with one attached hydrogen (secondary N) is 1. The second kappa shape index (κ2) is 4.84. The third-order valence-corrected chi connectivity index (χ3v) is 3.39. The van der Waals surface area contributed by atoms with E-state index < -0.39 is 0 Å². The number of carbonyl (C=O) groups is 1. The summed E-state index contributed by atoms with van der Waals surface area (Å²) in [5.41, 5.74) is 0. The van der Waals surface area contributed by atoms with Crippen LogP contribution in [0.5, 0.6) is 0 Å². The van der Waals surface area contributed by atoms with E-state index in [1.54, 1.807) is 0 Å². The SMILES string of the molecule is CCN1CCCC(CC2CNC(=O)O2)C1. The summed E-state index contributed by atoms with van der Waals surface area (Å²) >= 11 is 0. The van der Waals surface area contributed by atoms with Crippen LogP contribution in [0.15, 0.2) is 0 Å². The largest absolute Gasteiger partial charge is 0.444 e. The molecule has 0 aliphatic carbocycles. The Labute approximate surface area is 91.0 Å². The number of nitrogens with zero attached hydrogens (tertiary/aromatic N) is 1. The van der Waals surface area contributed by atoms with Gasteiger partial charge in [-0.25, -0.2) is 4.79 Å². The number of ether oxygens (including phenoxy) is 1. The number of piperidine rings is 1. The molecule has 86 valence electrons. The third kappa shape index (κ3) is 2.84. The molecular weight excluding hydrogens is 192 g/mol. The molecule has 2 aliphatic rings. The van der Waals surface area contributed by atoms with E-state index in [2.05, 4.69) is 17.1 Å². The number of likely N-dealkylation sites (tertiary alicyclic amines) is 1. The van der Waals surface area contributed by atoms with Crippen molar-refractivity contribution in [3.05, 3.63) is 0 Å². The highest BCUT2D eigenvalue weighted by molar-refractivity contribution is 5.69. The molecule has 4 heteroatoms. The summed E-state index contributed by atoms with van der Waals surface area (Å²) in [6, 6.07) is 0. The quantitative estimate of drug-likeness (QED) is 0.764. The third-order valence-electron chi connectivity index (χ3n) is 3.39. The maximum atomic E-state index is 10.9. The summed E-state index contributed by atoms with van der Waals surface area (Å²) in [5.74, 6) is 0.705.